The maximum absolute atomic E-state index is 11.1. The number of nitrogens with zero attached hydrogens (tertiary/aromatic N) is 4. The first-order valence-electron chi connectivity index (χ1n) is 6.38. The summed E-state index contributed by atoms with van der Waals surface area (Å²) in [7, 11) is 0. The Labute approximate surface area is 126 Å². The molecule has 0 radical (unpaired) electrons. The molecule has 20 heavy (non-hydrogen) atoms. The van der Waals surface area contributed by atoms with Gasteiger partial charge < -0.3 is 5.11 Å². The van der Waals surface area contributed by atoms with Crippen molar-refractivity contribution in [2.24, 2.45) is 0 Å². The van der Waals surface area contributed by atoms with Crippen LogP contribution in [0.25, 0.3) is 0 Å². The van der Waals surface area contributed by atoms with E-state index in [9.17, 15) is 5.11 Å². The molecule has 1 N–H and O–H groups in total. The van der Waals surface area contributed by atoms with Crippen molar-refractivity contribution >= 4 is 23.2 Å². The van der Waals surface area contributed by atoms with Crippen LogP contribution >= 0.6 is 23.2 Å². The largest absolute Gasteiger partial charge is 0.386 e. The molecule has 0 saturated heterocycles. The van der Waals surface area contributed by atoms with Crippen molar-refractivity contribution in [2.45, 2.75) is 36.3 Å². The first-order chi connectivity index (χ1) is 9.52. The van der Waals surface area contributed by atoms with Gasteiger partial charge in [-0.2, -0.15) is 0 Å². The average Bonchev–Trinajstić information content (AvgIpc) is 2.98. The lowest BCUT2D eigenvalue weighted by Gasteiger charge is -2.33. The molecule has 1 aromatic carbocycles. The molecule has 1 aliphatic carbocycles. The third-order valence-electron chi connectivity index (χ3n) is 3.78. The summed E-state index contributed by atoms with van der Waals surface area (Å²) in [5.74, 6) is 0. The van der Waals surface area contributed by atoms with Crippen LogP contribution in [0.3, 0.4) is 0 Å². The molecular weight excluding hydrogens is 299 g/mol. The van der Waals surface area contributed by atoms with Gasteiger partial charge in [0.25, 0.3) is 0 Å². The van der Waals surface area contributed by atoms with E-state index >= 15 is 0 Å². The summed E-state index contributed by atoms with van der Waals surface area (Å²) in [6, 6.07) is 7.46. The summed E-state index contributed by atoms with van der Waals surface area (Å²) >= 11 is 12.7. The van der Waals surface area contributed by atoms with Crippen LogP contribution in [0.2, 0.25) is 5.02 Å². The number of hydrogen-bond acceptors (Lipinski definition) is 4. The minimum absolute atomic E-state index is 0.245. The van der Waals surface area contributed by atoms with E-state index in [4.69, 9.17) is 23.2 Å². The molecule has 0 aliphatic heterocycles. The predicted octanol–water partition coefficient (Wildman–Crippen LogP) is 2.07. The molecule has 1 saturated carbocycles. The Hall–Kier alpha value is -1.17. The van der Waals surface area contributed by atoms with Gasteiger partial charge in [-0.15, -0.1) is 16.7 Å². The standard InChI is InChI=1S/C13H14Cl2N4O/c14-11-4-2-1-3-10(11)7-13(20,12(15)5-6-12)8-19-9-16-17-18-19/h1-4,9,20H,5-8H2. The highest BCUT2D eigenvalue weighted by molar-refractivity contribution is 6.31. The number of benzene rings is 1. The topological polar surface area (TPSA) is 63.8 Å². The summed E-state index contributed by atoms with van der Waals surface area (Å²) in [6.07, 6.45) is 3.39. The second-order valence-corrected chi connectivity index (χ2v) is 6.40. The first-order valence-corrected chi connectivity index (χ1v) is 7.14. The lowest BCUT2D eigenvalue weighted by molar-refractivity contribution is 0.00725. The van der Waals surface area contributed by atoms with E-state index in [1.165, 1.54) is 11.0 Å². The van der Waals surface area contributed by atoms with Crippen LogP contribution in [0.4, 0.5) is 0 Å². The van der Waals surface area contributed by atoms with Crippen LogP contribution in [0.1, 0.15) is 18.4 Å². The molecule has 0 spiro atoms. The molecule has 1 heterocycles. The normalized spacial score (nSPS) is 19.6. The molecule has 0 bridgehead atoms. The van der Waals surface area contributed by atoms with Crippen LogP contribution in [-0.4, -0.2) is 35.8 Å². The van der Waals surface area contributed by atoms with Crippen LogP contribution < -0.4 is 0 Å². The Morgan fingerprint density at radius 3 is 2.70 bits per heavy atom. The summed E-state index contributed by atoms with van der Waals surface area (Å²) in [5, 5.41) is 22.7. The average molecular weight is 313 g/mol. The Bertz CT molecular complexity index is 600. The summed E-state index contributed by atoms with van der Waals surface area (Å²) < 4.78 is 1.50. The van der Waals surface area contributed by atoms with Crippen molar-refractivity contribution < 1.29 is 5.11 Å². The lowest BCUT2D eigenvalue weighted by Crippen LogP contribution is -2.47. The van der Waals surface area contributed by atoms with E-state index < -0.39 is 10.5 Å². The number of tetrazole rings is 1. The van der Waals surface area contributed by atoms with Gasteiger partial charge in [0.15, 0.2) is 0 Å². The van der Waals surface area contributed by atoms with E-state index in [0.29, 0.717) is 11.4 Å². The molecule has 5 nitrogen and oxygen atoms in total. The highest BCUT2D eigenvalue weighted by Crippen LogP contribution is 2.53. The smallest absolute Gasteiger partial charge is 0.138 e. The number of aromatic nitrogens is 4. The molecule has 106 valence electrons. The maximum atomic E-state index is 11.1. The number of halogens is 2. The van der Waals surface area contributed by atoms with E-state index in [-0.39, 0.29) is 6.54 Å². The van der Waals surface area contributed by atoms with E-state index in [0.717, 1.165) is 18.4 Å². The Morgan fingerprint density at radius 1 is 1.35 bits per heavy atom. The molecule has 2 aromatic rings. The number of hydrogen-bond donors (Lipinski definition) is 1. The maximum Gasteiger partial charge on any atom is 0.138 e. The summed E-state index contributed by atoms with van der Waals surface area (Å²) in [6.45, 7) is 0.245. The molecular formula is C13H14Cl2N4O. The third kappa shape index (κ3) is 2.53. The van der Waals surface area contributed by atoms with Gasteiger partial charge in [0.2, 0.25) is 0 Å². The predicted molar refractivity (Wildman–Crippen MR) is 75.7 cm³/mol. The van der Waals surface area contributed by atoms with Crippen molar-refractivity contribution in [3.63, 3.8) is 0 Å². The quantitative estimate of drug-likeness (QED) is 0.858. The van der Waals surface area contributed by atoms with Crippen molar-refractivity contribution in [3.05, 3.63) is 41.2 Å². The summed E-state index contributed by atoms with van der Waals surface area (Å²) in [4.78, 5) is -0.627. The van der Waals surface area contributed by atoms with Crippen LogP contribution in [0.5, 0.6) is 0 Å². The second-order valence-electron chi connectivity index (χ2n) is 5.27. The SMILES string of the molecule is OC(Cc1ccccc1Cl)(Cn1cnnn1)C1(Cl)CC1. The monoisotopic (exact) mass is 312 g/mol. The Morgan fingerprint density at radius 2 is 2.10 bits per heavy atom. The molecule has 1 atom stereocenters. The second kappa shape index (κ2) is 4.98. The van der Waals surface area contributed by atoms with Gasteiger partial charge in [-0.25, -0.2) is 4.68 Å². The minimum atomic E-state index is -1.13. The highest BCUT2D eigenvalue weighted by Gasteiger charge is 2.58. The van der Waals surface area contributed by atoms with Gasteiger partial charge in [-0.05, 0) is 34.9 Å². The van der Waals surface area contributed by atoms with Gasteiger partial charge in [0.1, 0.15) is 11.9 Å². The highest BCUT2D eigenvalue weighted by atomic mass is 35.5. The molecule has 1 fully saturated rings. The van der Waals surface area contributed by atoms with Crippen LogP contribution in [0, 0.1) is 0 Å². The number of alkyl halides is 1. The van der Waals surface area contributed by atoms with Gasteiger partial charge >= 0.3 is 0 Å². The zero-order valence-electron chi connectivity index (χ0n) is 10.7. The molecule has 1 aromatic heterocycles. The molecule has 7 heteroatoms. The lowest BCUT2D eigenvalue weighted by atomic mass is 9.89. The van der Waals surface area contributed by atoms with E-state index in [2.05, 4.69) is 15.5 Å². The fraction of sp³-hybridized carbons (Fsp3) is 0.462. The first kappa shape index (κ1) is 13.8. The number of rotatable bonds is 5. The molecule has 1 unspecified atom stereocenters. The fourth-order valence-corrected chi connectivity index (χ4v) is 2.83. The van der Waals surface area contributed by atoms with Gasteiger partial charge in [0, 0.05) is 11.4 Å². The molecule has 3 rings (SSSR count). The molecule has 0 amide bonds. The van der Waals surface area contributed by atoms with Crippen molar-refractivity contribution in [2.75, 3.05) is 0 Å². The summed E-state index contributed by atoms with van der Waals surface area (Å²) in [5.41, 5.74) is -0.258. The van der Waals surface area contributed by atoms with Crippen LogP contribution in [0.15, 0.2) is 30.6 Å². The third-order valence-corrected chi connectivity index (χ3v) is 4.88. The van der Waals surface area contributed by atoms with Crippen LogP contribution in [-0.2, 0) is 13.0 Å². The fourth-order valence-electron chi connectivity index (χ4n) is 2.41. The van der Waals surface area contributed by atoms with Crippen molar-refractivity contribution in [3.8, 4) is 0 Å². The van der Waals surface area contributed by atoms with Crippen molar-refractivity contribution in [1.82, 2.24) is 20.2 Å². The molecule has 1 aliphatic rings. The zero-order valence-corrected chi connectivity index (χ0v) is 12.2. The van der Waals surface area contributed by atoms with E-state index in [1.807, 2.05) is 24.3 Å². The Balaban J connectivity index is 1.89. The number of aliphatic hydroxyl groups is 1. The van der Waals surface area contributed by atoms with E-state index in [1.54, 1.807) is 0 Å². The van der Waals surface area contributed by atoms with Gasteiger partial charge in [-0.1, -0.05) is 29.8 Å². The van der Waals surface area contributed by atoms with Gasteiger partial charge in [0.05, 0.1) is 11.4 Å². The van der Waals surface area contributed by atoms with Gasteiger partial charge in [-0.3, -0.25) is 0 Å². The Kier molecular flexibility index (Phi) is 3.44. The minimum Gasteiger partial charge on any atom is -0.386 e. The zero-order chi connectivity index (χ0) is 14.2. The van der Waals surface area contributed by atoms with Crippen molar-refractivity contribution in [1.29, 1.82) is 0 Å².